The summed E-state index contributed by atoms with van der Waals surface area (Å²) >= 11 is 17.9. The molecule has 0 saturated heterocycles. The van der Waals surface area contributed by atoms with Crippen molar-refractivity contribution in [3.63, 3.8) is 0 Å². The van der Waals surface area contributed by atoms with Crippen LogP contribution < -0.4 is 16.2 Å². The van der Waals surface area contributed by atoms with Crippen molar-refractivity contribution in [3.8, 4) is 5.75 Å². The molecule has 0 bridgehead atoms. The summed E-state index contributed by atoms with van der Waals surface area (Å²) in [5.74, 6) is 1.12. The van der Waals surface area contributed by atoms with Gasteiger partial charge in [0.2, 0.25) is 11.9 Å². The Bertz CT molecular complexity index is 870. The van der Waals surface area contributed by atoms with E-state index in [4.69, 9.17) is 51.0 Å². The normalized spacial score (nSPS) is 16.7. The highest BCUT2D eigenvalue weighted by atomic mass is 35.5. The van der Waals surface area contributed by atoms with Crippen molar-refractivity contribution in [1.29, 1.82) is 0 Å². The number of hydrogen-bond donors (Lipinski definition) is 2. The average Bonchev–Trinajstić information content (AvgIpc) is 2.63. The third-order valence-electron chi connectivity index (χ3n) is 3.94. The van der Waals surface area contributed by atoms with E-state index in [1.807, 2.05) is 17.0 Å². The molecule has 0 radical (unpaired) electrons. The van der Waals surface area contributed by atoms with Crippen LogP contribution in [0.2, 0.25) is 15.1 Å². The zero-order valence-corrected chi connectivity index (χ0v) is 16.5. The van der Waals surface area contributed by atoms with Crippen molar-refractivity contribution in [2.75, 3.05) is 13.2 Å². The third kappa shape index (κ3) is 4.97. The first-order chi connectivity index (χ1) is 12.9. The molecule has 0 fully saturated rings. The summed E-state index contributed by atoms with van der Waals surface area (Å²) in [6.45, 7) is 1.05. The van der Waals surface area contributed by atoms with Crippen molar-refractivity contribution < 1.29 is 4.74 Å². The molecular weight excluding hydrogens is 409 g/mol. The van der Waals surface area contributed by atoms with Crippen molar-refractivity contribution in [2.24, 2.45) is 21.5 Å². The van der Waals surface area contributed by atoms with Crippen LogP contribution in [0.5, 0.6) is 5.75 Å². The number of ether oxygens (including phenoxy) is 1. The van der Waals surface area contributed by atoms with Gasteiger partial charge in [-0.05, 0) is 36.2 Å². The van der Waals surface area contributed by atoms with Crippen LogP contribution in [0.15, 0.2) is 52.4 Å². The van der Waals surface area contributed by atoms with Gasteiger partial charge in [0.1, 0.15) is 5.75 Å². The zero-order valence-electron chi connectivity index (χ0n) is 14.3. The van der Waals surface area contributed by atoms with Gasteiger partial charge in [0.05, 0.1) is 16.7 Å². The maximum atomic E-state index is 6.07. The Balaban J connectivity index is 1.63. The van der Waals surface area contributed by atoms with Gasteiger partial charge in [-0.25, -0.2) is 4.99 Å². The van der Waals surface area contributed by atoms with Gasteiger partial charge in [-0.3, -0.25) is 0 Å². The van der Waals surface area contributed by atoms with E-state index in [0.717, 1.165) is 5.56 Å². The molecule has 2 aromatic carbocycles. The molecule has 0 aromatic heterocycles. The Morgan fingerprint density at radius 3 is 2.44 bits per heavy atom. The second-order valence-electron chi connectivity index (χ2n) is 5.85. The lowest BCUT2D eigenvalue weighted by molar-refractivity contribution is 0.258. The lowest BCUT2D eigenvalue weighted by Crippen LogP contribution is -2.44. The lowest BCUT2D eigenvalue weighted by Gasteiger charge is -2.32. The molecule has 1 atom stereocenters. The van der Waals surface area contributed by atoms with E-state index in [1.54, 1.807) is 30.3 Å². The standard InChI is InChI=1S/C18H18Cl3N5O/c19-12-4-2-11(3-5-12)16-24-17(22)25-18(23)26(16)8-1-9-27-13-6-7-14(20)15(21)10-13/h2-7,10,16H,1,8-9H2,(H4,22,23,24,25). The zero-order chi connectivity index (χ0) is 19.4. The predicted octanol–water partition coefficient (Wildman–Crippen LogP) is 4.06. The topological polar surface area (TPSA) is 89.2 Å². The quantitative estimate of drug-likeness (QED) is 0.682. The van der Waals surface area contributed by atoms with Crippen LogP contribution in [-0.2, 0) is 0 Å². The molecule has 0 aliphatic carbocycles. The number of rotatable bonds is 6. The number of nitrogens with zero attached hydrogens (tertiary/aromatic N) is 3. The molecule has 1 aliphatic heterocycles. The largest absolute Gasteiger partial charge is 0.493 e. The molecule has 0 spiro atoms. The van der Waals surface area contributed by atoms with E-state index in [0.29, 0.717) is 46.3 Å². The molecule has 1 heterocycles. The Hall–Kier alpha value is -2.15. The van der Waals surface area contributed by atoms with Crippen LogP contribution in [0.1, 0.15) is 18.2 Å². The first-order valence-corrected chi connectivity index (χ1v) is 9.35. The highest BCUT2D eigenvalue weighted by Crippen LogP contribution is 2.27. The lowest BCUT2D eigenvalue weighted by atomic mass is 10.1. The van der Waals surface area contributed by atoms with E-state index in [2.05, 4.69) is 9.98 Å². The maximum Gasteiger partial charge on any atom is 0.220 e. The monoisotopic (exact) mass is 425 g/mol. The van der Waals surface area contributed by atoms with Gasteiger partial charge < -0.3 is 21.1 Å². The van der Waals surface area contributed by atoms with Crippen LogP contribution in [0, 0.1) is 0 Å². The molecule has 3 rings (SSSR count). The molecule has 9 heteroatoms. The smallest absolute Gasteiger partial charge is 0.220 e. The summed E-state index contributed by atoms with van der Waals surface area (Å²) in [6, 6.07) is 12.5. The van der Waals surface area contributed by atoms with Gasteiger partial charge >= 0.3 is 0 Å². The van der Waals surface area contributed by atoms with Gasteiger partial charge in [-0.2, -0.15) is 4.99 Å². The summed E-state index contributed by atoms with van der Waals surface area (Å²) in [5, 5.41) is 1.59. The molecule has 142 valence electrons. The first kappa shape index (κ1) is 19.6. The van der Waals surface area contributed by atoms with Crippen molar-refractivity contribution >= 4 is 46.7 Å². The maximum absolute atomic E-state index is 6.07. The molecule has 1 unspecified atom stereocenters. The summed E-state index contributed by atoms with van der Waals surface area (Å²) in [5.41, 5.74) is 12.8. The van der Waals surface area contributed by atoms with Gasteiger partial charge in [-0.1, -0.05) is 46.9 Å². The Kier molecular flexibility index (Phi) is 6.31. The fourth-order valence-electron chi connectivity index (χ4n) is 2.65. The fraction of sp³-hybridized carbons (Fsp3) is 0.222. The van der Waals surface area contributed by atoms with Gasteiger partial charge in [0.25, 0.3) is 0 Å². The van der Waals surface area contributed by atoms with Crippen molar-refractivity contribution in [1.82, 2.24) is 4.90 Å². The van der Waals surface area contributed by atoms with E-state index in [1.165, 1.54) is 0 Å². The Morgan fingerprint density at radius 2 is 1.74 bits per heavy atom. The molecule has 0 amide bonds. The second-order valence-corrected chi connectivity index (χ2v) is 7.10. The molecule has 27 heavy (non-hydrogen) atoms. The second kappa shape index (κ2) is 8.69. The number of guanidine groups is 2. The van der Waals surface area contributed by atoms with Gasteiger partial charge in [-0.15, -0.1) is 0 Å². The van der Waals surface area contributed by atoms with Crippen molar-refractivity contribution in [2.45, 2.75) is 12.6 Å². The number of aliphatic imine (C=N–C) groups is 2. The van der Waals surface area contributed by atoms with E-state index in [-0.39, 0.29) is 12.1 Å². The molecule has 0 saturated carbocycles. The van der Waals surface area contributed by atoms with E-state index in [9.17, 15) is 0 Å². The molecular formula is C18H18Cl3N5O. The first-order valence-electron chi connectivity index (χ1n) is 8.21. The number of benzene rings is 2. The minimum absolute atomic E-state index is 0.149. The fourth-order valence-corrected chi connectivity index (χ4v) is 3.06. The molecule has 2 aromatic rings. The SMILES string of the molecule is NC1=NC(c2ccc(Cl)cc2)N(CCCOc2ccc(Cl)c(Cl)c2)C(N)=N1. The summed E-state index contributed by atoms with van der Waals surface area (Å²) < 4.78 is 5.72. The van der Waals surface area contributed by atoms with Crippen LogP contribution in [0.4, 0.5) is 0 Å². The predicted molar refractivity (Wildman–Crippen MR) is 111 cm³/mol. The summed E-state index contributed by atoms with van der Waals surface area (Å²) in [4.78, 5) is 10.3. The van der Waals surface area contributed by atoms with Crippen molar-refractivity contribution in [3.05, 3.63) is 63.1 Å². The minimum atomic E-state index is -0.357. The number of halogens is 3. The van der Waals surface area contributed by atoms with E-state index < -0.39 is 0 Å². The van der Waals surface area contributed by atoms with Crippen LogP contribution >= 0.6 is 34.8 Å². The average molecular weight is 427 g/mol. The Labute approximate surface area is 172 Å². The third-order valence-corrected chi connectivity index (χ3v) is 4.94. The van der Waals surface area contributed by atoms with Gasteiger partial charge in [0, 0.05) is 17.6 Å². The van der Waals surface area contributed by atoms with Crippen LogP contribution in [-0.4, -0.2) is 30.0 Å². The van der Waals surface area contributed by atoms with Crippen LogP contribution in [0.3, 0.4) is 0 Å². The molecule has 6 nitrogen and oxygen atoms in total. The number of nitrogens with two attached hydrogens (primary N) is 2. The van der Waals surface area contributed by atoms with E-state index >= 15 is 0 Å². The Morgan fingerprint density at radius 1 is 1.00 bits per heavy atom. The highest BCUT2D eigenvalue weighted by molar-refractivity contribution is 6.42. The minimum Gasteiger partial charge on any atom is -0.493 e. The molecule has 1 aliphatic rings. The molecule has 4 N–H and O–H groups in total. The van der Waals surface area contributed by atoms with Crippen LogP contribution in [0.25, 0.3) is 0 Å². The highest BCUT2D eigenvalue weighted by Gasteiger charge is 2.25. The number of hydrogen-bond acceptors (Lipinski definition) is 6. The summed E-state index contributed by atoms with van der Waals surface area (Å²) in [7, 11) is 0. The van der Waals surface area contributed by atoms with Gasteiger partial charge in [0.15, 0.2) is 6.17 Å². The summed E-state index contributed by atoms with van der Waals surface area (Å²) in [6.07, 6.45) is 0.334.